The van der Waals surface area contributed by atoms with Crippen LogP contribution < -0.4 is 19.7 Å². The van der Waals surface area contributed by atoms with Gasteiger partial charge in [0.15, 0.2) is 0 Å². The fourth-order valence-corrected chi connectivity index (χ4v) is 11.3. The minimum Gasteiger partial charge on any atom is -0.493 e. The van der Waals surface area contributed by atoms with E-state index in [2.05, 4.69) is 97.8 Å². The highest BCUT2D eigenvalue weighted by Crippen LogP contribution is 2.39. The summed E-state index contributed by atoms with van der Waals surface area (Å²) in [6.45, 7) is 7.96. The molecule has 0 spiro atoms. The van der Waals surface area contributed by atoms with Crippen LogP contribution in [0.5, 0.6) is 11.5 Å². The molecule has 2 unspecified atom stereocenters. The number of carboxylic acids is 1. The summed E-state index contributed by atoms with van der Waals surface area (Å²) in [5, 5.41) is 29.8. The van der Waals surface area contributed by atoms with Gasteiger partial charge in [-0.15, -0.1) is 11.8 Å². The van der Waals surface area contributed by atoms with Crippen molar-refractivity contribution in [2.45, 2.75) is 36.2 Å². The van der Waals surface area contributed by atoms with E-state index in [1.165, 1.54) is 0 Å². The van der Waals surface area contributed by atoms with Gasteiger partial charge in [0.1, 0.15) is 34.0 Å². The zero-order valence-corrected chi connectivity index (χ0v) is 44.6. The molecule has 11 rings (SSSR count). The Morgan fingerprint density at radius 3 is 2.12 bits per heavy atom. The van der Waals surface area contributed by atoms with Gasteiger partial charge in [0.05, 0.1) is 67.3 Å². The molecular formula is C57H63N13O6S. The summed E-state index contributed by atoms with van der Waals surface area (Å²) in [4.78, 5) is 55.7. The van der Waals surface area contributed by atoms with Gasteiger partial charge >= 0.3 is 5.97 Å². The summed E-state index contributed by atoms with van der Waals surface area (Å²) >= 11 is 1.66. The molecule has 3 aliphatic rings. The molecule has 4 aromatic carbocycles. The summed E-state index contributed by atoms with van der Waals surface area (Å²) in [7, 11) is 8.31. The number of carboxylic acid groups (broad SMARTS) is 1. The summed E-state index contributed by atoms with van der Waals surface area (Å²) in [5.41, 5.74) is 9.15. The highest BCUT2D eigenvalue weighted by molar-refractivity contribution is 7.99. The largest absolute Gasteiger partial charge is 0.493 e. The highest BCUT2D eigenvalue weighted by Gasteiger charge is 2.30. The zero-order valence-electron chi connectivity index (χ0n) is 43.8. The average Bonchev–Trinajstić information content (AvgIpc) is 4.23. The lowest BCUT2D eigenvalue weighted by molar-refractivity contribution is 0.0383. The Labute approximate surface area is 450 Å². The number of fused-ring (bicyclic) bond motifs is 4. The van der Waals surface area contributed by atoms with Crippen LogP contribution in [0.25, 0.3) is 44.1 Å². The van der Waals surface area contributed by atoms with Gasteiger partial charge in [0.2, 0.25) is 0 Å². The lowest BCUT2D eigenvalue weighted by atomic mass is 9.91. The molecule has 1 fully saturated rings. The number of thioether (sulfide) groups is 1. The first-order valence-corrected chi connectivity index (χ1v) is 27.1. The molecule has 0 bridgehead atoms. The van der Waals surface area contributed by atoms with Crippen molar-refractivity contribution in [3.05, 3.63) is 131 Å². The van der Waals surface area contributed by atoms with Gasteiger partial charge < -0.3 is 39.3 Å². The molecule has 20 heteroatoms. The molecule has 0 radical (unpaired) electrons. The molecule has 4 N–H and O–H groups in total. The number of rotatable bonds is 19. The maximum absolute atomic E-state index is 14.1. The van der Waals surface area contributed by atoms with Crippen LogP contribution in [0.2, 0.25) is 0 Å². The third kappa shape index (κ3) is 11.8. The van der Waals surface area contributed by atoms with E-state index < -0.39 is 5.97 Å². The molecule has 19 nitrogen and oxygen atoms in total. The van der Waals surface area contributed by atoms with Crippen molar-refractivity contribution in [1.29, 1.82) is 0 Å². The number of anilines is 1. The number of morpholine rings is 1. The number of hydrogen-bond acceptors (Lipinski definition) is 16. The topological polar surface area (TPSA) is 216 Å². The Bertz CT molecular complexity index is 3410. The number of aromatic carboxylic acids is 1. The number of likely N-dealkylation sites (N-methyl/N-ethyl adjacent to an activating group) is 2. The Kier molecular flexibility index (Phi) is 15.4. The molecule has 398 valence electrons. The molecule has 1 amide bonds. The number of benzene rings is 4. The number of H-pyrrole nitrogens is 2. The number of carbonyl (C=O) groups excluding carboxylic acids is 1. The Morgan fingerprint density at radius 2 is 1.42 bits per heavy atom. The van der Waals surface area contributed by atoms with E-state index in [1.54, 1.807) is 36.2 Å². The van der Waals surface area contributed by atoms with Gasteiger partial charge in [0, 0.05) is 111 Å². The predicted octanol–water partition coefficient (Wildman–Crippen LogP) is 6.77. The quantitative estimate of drug-likeness (QED) is 0.0485. The van der Waals surface area contributed by atoms with Crippen molar-refractivity contribution >= 4 is 51.3 Å². The second-order valence-electron chi connectivity index (χ2n) is 20.4. The van der Waals surface area contributed by atoms with Crippen LogP contribution in [0, 0.1) is 0 Å². The van der Waals surface area contributed by atoms with E-state index in [4.69, 9.17) is 34.1 Å². The van der Waals surface area contributed by atoms with E-state index in [0.29, 0.717) is 87.6 Å². The monoisotopic (exact) mass is 1060 g/mol. The van der Waals surface area contributed by atoms with Crippen LogP contribution in [0.3, 0.4) is 0 Å². The van der Waals surface area contributed by atoms with E-state index >= 15 is 0 Å². The van der Waals surface area contributed by atoms with Gasteiger partial charge in [-0.05, 0) is 111 Å². The minimum absolute atomic E-state index is 0.127. The fourth-order valence-electron chi connectivity index (χ4n) is 10.3. The van der Waals surface area contributed by atoms with Gasteiger partial charge in [-0.3, -0.25) is 19.9 Å². The van der Waals surface area contributed by atoms with Crippen LogP contribution in [0.15, 0.2) is 96.5 Å². The molecule has 1 saturated heterocycles. The van der Waals surface area contributed by atoms with E-state index in [-0.39, 0.29) is 23.3 Å². The summed E-state index contributed by atoms with van der Waals surface area (Å²) in [6.07, 6.45) is 8.52. The molecule has 7 heterocycles. The van der Waals surface area contributed by atoms with Crippen molar-refractivity contribution in [2.75, 3.05) is 111 Å². The number of amides is 1. The van der Waals surface area contributed by atoms with Crippen molar-refractivity contribution in [3.8, 4) is 33.8 Å². The highest BCUT2D eigenvalue weighted by atomic mass is 32.2. The number of carbonyl (C=O) groups is 2. The van der Waals surface area contributed by atoms with Gasteiger partial charge in [-0.1, -0.05) is 12.1 Å². The molecule has 77 heavy (non-hydrogen) atoms. The maximum atomic E-state index is 14.1. The van der Waals surface area contributed by atoms with Gasteiger partial charge in [0.25, 0.3) is 5.91 Å². The number of nitrogens with zero attached hydrogens (tertiary/aromatic N) is 10. The van der Waals surface area contributed by atoms with Gasteiger partial charge in [-0.2, -0.15) is 10.2 Å². The molecule has 8 aromatic rings. The lowest BCUT2D eigenvalue weighted by Gasteiger charge is -2.29. The van der Waals surface area contributed by atoms with Crippen LogP contribution in [0.4, 0.5) is 5.82 Å². The van der Waals surface area contributed by atoms with E-state index in [0.717, 1.165) is 110 Å². The standard InChI is InChI=1S/C57H63N13O6S/c1-67(2)13-14-69(4)54-46-26-35(44-28-59-60-29-44)5-8-48(46)63-52(65-54)43-24-39-23-40(55(71)58-11-12-70-15-18-74-19-16-70)25-41(51(39)76-34-43)32-68(3)17-20-77-56-47-27-36(45-30-61-62-31-45)6-9-49(47)64-53(66-56)42-22-38-21-37(57(72)73)7-10-50(38)75-33-42/h5-10,21,23,25-31,42-43H,11-20,22,24,32-34H2,1-4H3,(H,58,71)(H,59,60)(H,61,62)(H,72,73). The normalized spacial score (nSPS) is 16.5. The molecule has 4 aromatic heterocycles. The third-order valence-electron chi connectivity index (χ3n) is 14.6. The van der Waals surface area contributed by atoms with Crippen LogP contribution >= 0.6 is 11.8 Å². The van der Waals surface area contributed by atoms with Crippen molar-refractivity contribution in [3.63, 3.8) is 0 Å². The Balaban J connectivity index is 0.855. The van der Waals surface area contributed by atoms with Crippen LogP contribution in [-0.4, -0.2) is 178 Å². The van der Waals surface area contributed by atoms with Gasteiger partial charge in [-0.25, -0.2) is 24.7 Å². The zero-order chi connectivity index (χ0) is 53.0. The number of aromatic nitrogens is 8. The first-order chi connectivity index (χ1) is 37.5. The van der Waals surface area contributed by atoms with Crippen molar-refractivity contribution in [1.82, 2.24) is 60.3 Å². The van der Waals surface area contributed by atoms with Crippen LogP contribution in [-0.2, 0) is 24.1 Å². The van der Waals surface area contributed by atoms with E-state index in [9.17, 15) is 14.7 Å². The summed E-state index contributed by atoms with van der Waals surface area (Å²) < 4.78 is 18.5. The lowest BCUT2D eigenvalue weighted by Crippen LogP contribution is -2.41. The molecule has 3 aliphatic heterocycles. The SMILES string of the molecule is CN(C)CCN(C)c1nc(C2COc3c(cc(C(=O)NCCN4CCOCC4)cc3CN(C)CCSc3nc(C4COc5ccc(C(=O)O)cc5C4)nc4ccc(-c5cn[nH]c5)cc34)C2)nc2ccc(-c3cn[nH]c3)cc12. The maximum Gasteiger partial charge on any atom is 0.335 e. The number of hydrogen-bond donors (Lipinski definition) is 4. The minimum atomic E-state index is -0.981. The molecular weight excluding hydrogens is 995 g/mol. The number of aromatic amines is 2. The van der Waals surface area contributed by atoms with Crippen molar-refractivity contribution < 1.29 is 28.9 Å². The molecule has 0 aliphatic carbocycles. The second kappa shape index (κ2) is 23.0. The first-order valence-electron chi connectivity index (χ1n) is 26.1. The number of nitrogens with one attached hydrogen (secondary N) is 3. The fraction of sp³-hybridized carbons (Fsp3) is 0.368. The second-order valence-corrected chi connectivity index (χ2v) is 21.5. The number of ether oxygens (including phenoxy) is 3. The molecule has 0 saturated carbocycles. The molecule has 2 atom stereocenters. The predicted molar refractivity (Wildman–Crippen MR) is 296 cm³/mol. The summed E-state index contributed by atoms with van der Waals surface area (Å²) in [5.74, 6) is 2.94. The van der Waals surface area contributed by atoms with Crippen molar-refractivity contribution in [2.24, 2.45) is 0 Å². The Hall–Kier alpha value is -7.49. The third-order valence-corrected chi connectivity index (χ3v) is 15.6. The van der Waals surface area contributed by atoms with E-state index in [1.807, 2.05) is 42.9 Å². The smallest absolute Gasteiger partial charge is 0.335 e. The van der Waals surface area contributed by atoms with Crippen LogP contribution in [0.1, 0.15) is 60.9 Å². The average molecular weight is 1060 g/mol. The first kappa shape index (κ1) is 51.6. The summed E-state index contributed by atoms with van der Waals surface area (Å²) in [6, 6.07) is 21.4. The Morgan fingerprint density at radius 1 is 0.740 bits per heavy atom.